The molecule has 0 amide bonds. The minimum absolute atomic E-state index is 0. The molecule has 7 heterocycles. The Hall–Kier alpha value is -5.99. The standard InChI is InChI=1S/C20H26N2O3.C18H22N2O3.C16H19BrN2O3.C11H9BrO2.C11H10O3.C6H12ClNO.K.H2O/c1-2-25-20(23)16-5-6-18-17(13-16)14-19(15-3-4-15)22(18)8-7-21-9-11-24-12-10-21;21-18(22)14-3-4-16-15(11-14)12-17(13-1-2-13)20(16)6-5-19-7-9-23-10-8-19;1-21-16(20)12-2-3-14-13(10-12)11-15(17)19(14)5-4-18-6-8-22-9-7-18;2*1-14-11(13)8-3-2-7-5-10(12)6-9(7)4-8;7-1-2-8-3-5-9-6-4-8;;/h5-6,13-15H,2-4,7-12H2,1H3;3-4,11-13H,1-2,5-10H2,(H,21,22);2-3,10-11H,4-9H2,1H3;2-4,6H,5H2,1H3;2-4H,5-6H2,1H3;1-6H2;;1H2/q;;;;;;+1;/p-1. The predicted molar refractivity (Wildman–Crippen MR) is 422 cm³/mol. The van der Waals surface area contributed by atoms with E-state index in [2.05, 4.69) is 92.8 Å². The number of carboxylic acid groups (broad SMARTS) is 1. The molecule has 8 aliphatic rings. The third kappa shape index (κ3) is 24.5. The molecule has 6 fully saturated rings. The van der Waals surface area contributed by atoms with Crippen molar-refractivity contribution in [3.05, 3.63) is 180 Å². The van der Waals surface area contributed by atoms with E-state index >= 15 is 0 Å². The molecule has 0 unspecified atom stereocenters. The predicted octanol–water partition coefficient (Wildman–Crippen LogP) is 9.39. The number of nitrogens with zero attached hydrogens (tertiary/aromatic N) is 7. The van der Waals surface area contributed by atoms with Gasteiger partial charge in [0.05, 0.1) is 113 Å². The van der Waals surface area contributed by atoms with Gasteiger partial charge in [-0.3, -0.25) is 24.4 Å². The molecule has 109 heavy (non-hydrogen) atoms. The first-order valence-corrected chi connectivity index (χ1v) is 39.2. The topological polar surface area (TPSA) is 254 Å². The Bertz CT molecular complexity index is 4430. The number of ketones is 1. The van der Waals surface area contributed by atoms with Crippen LogP contribution in [-0.2, 0) is 81.6 Å². The molecule has 2 N–H and O–H groups in total. The summed E-state index contributed by atoms with van der Waals surface area (Å²) < 4.78 is 49.8. The van der Waals surface area contributed by atoms with Crippen LogP contribution in [0.4, 0.5) is 0 Å². The Morgan fingerprint density at radius 3 is 1.28 bits per heavy atom. The molecule has 0 bridgehead atoms. The van der Waals surface area contributed by atoms with Crippen molar-refractivity contribution < 1.29 is 129 Å². The molecule has 23 nitrogen and oxygen atoms in total. The van der Waals surface area contributed by atoms with Crippen LogP contribution in [0.25, 0.3) is 38.8 Å². The number of allylic oxidation sites excluding steroid dienone is 1. The van der Waals surface area contributed by atoms with Gasteiger partial charge in [-0.15, -0.1) is 11.6 Å². The van der Waals surface area contributed by atoms with Gasteiger partial charge in [0.15, 0.2) is 0 Å². The number of esters is 4. The molecule has 3 aromatic heterocycles. The molecule has 2 saturated carbocycles. The number of hydrogen-bond acceptors (Lipinski definition) is 19. The number of ether oxygens (including phenoxy) is 8. The maximum Gasteiger partial charge on any atom is 1.00 e. The number of fused-ring (bicyclic) bond motifs is 5. The first-order valence-electron chi connectivity index (χ1n) is 37.1. The second-order valence-electron chi connectivity index (χ2n) is 27.5. The van der Waals surface area contributed by atoms with Gasteiger partial charge in [0.25, 0.3) is 0 Å². The van der Waals surface area contributed by atoms with Gasteiger partial charge in [-0.25, -0.2) is 24.0 Å². The fraction of sp³-hybridized carbons (Fsp3) is 0.463. The molecule has 0 spiro atoms. The van der Waals surface area contributed by atoms with Crippen LogP contribution in [-0.4, -0.2) is 245 Å². The number of morpholine rings is 4. The molecule has 0 atom stereocenters. The van der Waals surface area contributed by atoms with Gasteiger partial charge in [-0.1, -0.05) is 28.1 Å². The quantitative estimate of drug-likeness (QED) is 0.0342. The summed E-state index contributed by atoms with van der Waals surface area (Å²) >= 11 is 12.6. The van der Waals surface area contributed by atoms with Gasteiger partial charge >= 0.3 is 81.2 Å². The van der Waals surface area contributed by atoms with E-state index in [4.69, 9.17) is 40.0 Å². The van der Waals surface area contributed by atoms with E-state index in [9.17, 15) is 33.9 Å². The minimum atomic E-state index is -0.860. The van der Waals surface area contributed by atoms with Crippen molar-refractivity contribution in [2.45, 2.75) is 83.3 Å². The number of rotatable bonds is 19. The molecular formula is C82H99Br2ClKN7O16. The minimum Gasteiger partial charge on any atom is -0.870 e. The summed E-state index contributed by atoms with van der Waals surface area (Å²) in [6.07, 6.45) is 8.94. The van der Waals surface area contributed by atoms with Gasteiger partial charge in [-0.2, -0.15) is 0 Å². The average molecular weight is 1670 g/mol. The Morgan fingerprint density at radius 2 is 0.835 bits per heavy atom. The monoisotopic (exact) mass is 1670 g/mol. The third-order valence-electron chi connectivity index (χ3n) is 20.3. The van der Waals surface area contributed by atoms with E-state index in [0.717, 1.165) is 216 Å². The van der Waals surface area contributed by atoms with Crippen molar-refractivity contribution in [1.29, 1.82) is 0 Å². The van der Waals surface area contributed by atoms with Crippen molar-refractivity contribution >= 4 is 118 Å². The summed E-state index contributed by atoms with van der Waals surface area (Å²) in [7, 11) is 4.14. The maximum atomic E-state index is 12.0. The van der Waals surface area contributed by atoms with Crippen LogP contribution in [0, 0.1) is 0 Å². The fourth-order valence-corrected chi connectivity index (χ4v) is 15.5. The number of carbonyl (C=O) groups is 6. The van der Waals surface area contributed by atoms with Crippen LogP contribution in [0.15, 0.2) is 118 Å². The molecule has 0 radical (unpaired) electrons. The number of alkyl halides is 1. The van der Waals surface area contributed by atoms with Crippen molar-refractivity contribution in [2.75, 3.05) is 165 Å². The van der Waals surface area contributed by atoms with E-state index < -0.39 is 5.97 Å². The molecule has 27 heteroatoms. The zero-order valence-corrected chi connectivity index (χ0v) is 70.2. The number of carbonyl (C=O) groups excluding carboxylic acids is 5. The molecule has 8 aromatic rings. The van der Waals surface area contributed by atoms with Gasteiger partial charge in [0.1, 0.15) is 5.78 Å². The average Bonchev–Trinajstić information content (AvgIpc) is 1.62. The Balaban J connectivity index is 0.000000154. The van der Waals surface area contributed by atoms with E-state index in [-0.39, 0.29) is 86.5 Å². The zero-order valence-electron chi connectivity index (χ0n) is 63.1. The molecule has 4 saturated heterocycles. The van der Waals surface area contributed by atoms with E-state index in [1.54, 1.807) is 30.3 Å². The van der Waals surface area contributed by atoms with Gasteiger partial charge in [0, 0.05) is 172 Å². The van der Waals surface area contributed by atoms with Crippen LogP contribution in [0.3, 0.4) is 0 Å². The smallest absolute Gasteiger partial charge is 0.870 e. The second-order valence-corrected chi connectivity index (χ2v) is 29.7. The van der Waals surface area contributed by atoms with Crippen LogP contribution < -0.4 is 51.4 Å². The summed E-state index contributed by atoms with van der Waals surface area (Å²) in [5, 5.41) is 12.4. The summed E-state index contributed by atoms with van der Waals surface area (Å²) in [5.74, 6) is 0.236. The number of aromatic carboxylic acids is 1. The number of Topliss-reactive ketones (excluding diaryl/α,β-unsaturated/α-hetero) is 1. The zero-order chi connectivity index (χ0) is 75.3. The number of carboxylic acids is 1. The van der Waals surface area contributed by atoms with Crippen LogP contribution in [0.1, 0.15) is 130 Å². The largest absolute Gasteiger partial charge is 1.00 e. The molecular weight excluding hydrogens is 1570 g/mol. The van der Waals surface area contributed by atoms with Crippen molar-refractivity contribution in [3.63, 3.8) is 0 Å². The van der Waals surface area contributed by atoms with Crippen LogP contribution >= 0.6 is 43.5 Å². The molecule has 16 rings (SSSR count). The van der Waals surface area contributed by atoms with Gasteiger partial charge in [0.2, 0.25) is 0 Å². The normalized spacial score (nSPS) is 16.9. The number of aromatic nitrogens is 3. The third-order valence-corrected chi connectivity index (χ3v) is 21.6. The van der Waals surface area contributed by atoms with Crippen LogP contribution in [0.5, 0.6) is 0 Å². The van der Waals surface area contributed by atoms with Crippen LogP contribution in [0.2, 0.25) is 0 Å². The first-order chi connectivity index (χ1) is 52.0. The summed E-state index contributed by atoms with van der Waals surface area (Å²) in [6, 6.07) is 34.5. The summed E-state index contributed by atoms with van der Waals surface area (Å²) in [5.41, 5.74) is 13.3. The van der Waals surface area contributed by atoms with Crippen molar-refractivity contribution in [3.8, 4) is 0 Å². The summed E-state index contributed by atoms with van der Waals surface area (Å²) in [6.45, 7) is 24.0. The SMILES string of the molecule is CCOC(=O)c1ccc2c(c1)cc(C1CC1)n2CCN1CCOCC1.COC(=O)c1ccc2c(c1)C=C(Br)C2.COC(=O)c1ccc2c(c1)CC(=O)C2.COC(=O)c1ccc2c(c1)cc(Br)n2CCN1CCOCC1.ClCCN1CCOCC1.O=C(O)c1ccc2c(c1)cc(C1CC1)n2CCN1CCOCC1.[K+].[OH-]. The Kier molecular flexibility index (Phi) is 34.6. The van der Waals surface area contributed by atoms with Crippen molar-refractivity contribution in [1.82, 2.24) is 33.3 Å². The maximum absolute atomic E-state index is 12.0. The fourth-order valence-electron chi connectivity index (χ4n) is 14.1. The Labute approximate surface area is 701 Å². The molecule has 5 aromatic carbocycles. The van der Waals surface area contributed by atoms with Gasteiger partial charge in [-0.05, 0) is 186 Å². The number of hydrogen-bond donors (Lipinski definition) is 1. The number of halogens is 3. The molecule has 4 aliphatic heterocycles. The Morgan fingerprint density at radius 1 is 0.459 bits per heavy atom. The number of methoxy groups -OCH3 is 3. The first kappa shape index (κ1) is 87.0. The van der Waals surface area contributed by atoms with E-state index in [1.165, 1.54) is 69.5 Å². The van der Waals surface area contributed by atoms with E-state index in [1.807, 2.05) is 73.7 Å². The molecule has 4 aliphatic carbocycles. The second kappa shape index (κ2) is 43.3. The number of benzene rings is 5. The van der Waals surface area contributed by atoms with E-state index in [0.29, 0.717) is 59.1 Å². The van der Waals surface area contributed by atoms with Gasteiger partial charge < -0.3 is 62.2 Å². The molecule has 580 valence electrons. The summed E-state index contributed by atoms with van der Waals surface area (Å²) in [4.78, 5) is 78.0. The van der Waals surface area contributed by atoms with Crippen molar-refractivity contribution in [2.24, 2.45) is 0 Å².